The predicted octanol–water partition coefficient (Wildman–Crippen LogP) is 1.87. The molecule has 1 aliphatic carbocycles. The molecule has 0 radical (unpaired) electrons. The maximum Gasteiger partial charge on any atom is 0.287 e. The lowest BCUT2D eigenvalue weighted by Crippen LogP contribution is -2.05. The first-order chi connectivity index (χ1) is 6.66. The average Bonchev–Trinajstić information content (AvgIpc) is 2.92. The molecule has 0 unspecified atom stereocenters. The molecule has 14 heavy (non-hydrogen) atoms. The van der Waals surface area contributed by atoms with Crippen molar-refractivity contribution in [1.29, 1.82) is 0 Å². The van der Waals surface area contributed by atoms with Gasteiger partial charge < -0.3 is 5.32 Å². The van der Waals surface area contributed by atoms with Crippen molar-refractivity contribution in [1.82, 2.24) is 4.98 Å². The summed E-state index contributed by atoms with van der Waals surface area (Å²) in [5.74, 6) is 0.762. The number of anilines is 1. The monoisotopic (exact) mass is 193 g/mol. The lowest BCUT2D eigenvalue weighted by Gasteiger charge is -2.05. The number of aromatic nitrogens is 1. The molecule has 74 valence electrons. The Morgan fingerprint density at radius 3 is 2.86 bits per heavy atom. The minimum absolute atomic E-state index is 0.0452. The van der Waals surface area contributed by atoms with Crippen molar-refractivity contribution in [3.05, 3.63) is 27.9 Å². The summed E-state index contributed by atoms with van der Waals surface area (Å²) in [4.78, 5) is 14.0. The fourth-order valence-corrected chi connectivity index (χ4v) is 1.23. The van der Waals surface area contributed by atoms with Crippen molar-refractivity contribution >= 4 is 11.5 Å². The molecular weight excluding hydrogens is 182 g/mol. The van der Waals surface area contributed by atoms with E-state index in [-0.39, 0.29) is 5.69 Å². The predicted molar refractivity (Wildman–Crippen MR) is 52.3 cm³/mol. The first-order valence-corrected chi connectivity index (χ1v) is 4.54. The molecule has 0 spiro atoms. The molecule has 0 amide bonds. The second-order valence-corrected chi connectivity index (χ2v) is 3.53. The molecule has 5 nitrogen and oxygen atoms in total. The standard InChI is InChI=1S/C9H11N3O2/c1-6-4-8(12(13)14)5-10-9(6)11-7-2-3-7/h4-5,7H,2-3H2,1H3,(H,10,11). The van der Waals surface area contributed by atoms with Crippen LogP contribution in [0.25, 0.3) is 0 Å². The normalized spacial score (nSPS) is 15.2. The van der Waals surface area contributed by atoms with Crippen LogP contribution in [0.3, 0.4) is 0 Å². The van der Waals surface area contributed by atoms with Gasteiger partial charge in [-0.05, 0) is 25.3 Å². The highest BCUT2D eigenvalue weighted by Gasteiger charge is 2.22. The van der Waals surface area contributed by atoms with Gasteiger partial charge >= 0.3 is 0 Å². The van der Waals surface area contributed by atoms with Crippen LogP contribution in [0.4, 0.5) is 11.5 Å². The smallest absolute Gasteiger partial charge is 0.287 e. The number of pyridine rings is 1. The number of hydrogen-bond acceptors (Lipinski definition) is 4. The van der Waals surface area contributed by atoms with Crippen molar-refractivity contribution < 1.29 is 4.92 Å². The van der Waals surface area contributed by atoms with Crippen LogP contribution in [-0.4, -0.2) is 15.9 Å². The number of hydrogen-bond donors (Lipinski definition) is 1. The van der Waals surface area contributed by atoms with Crippen molar-refractivity contribution in [2.75, 3.05) is 5.32 Å². The van der Waals surface area contributed by atoms with Gasteiger partial charge in [-0.3, -0.25) is 10.1 Å². The van der Waals surface area contributed by atoms with Crippen molar-refractivity contribution in [2.24, 2.45) is 0 Å². The second-order valence-electron chi connectivity index (χ2n) is 3.53. The van der Waals surface area contributed by atoms with Gasteiger partial charge in [0.05, 0.1) is 4.92 Å². The van der Waals surface area contributed by atoms with E-state index in [2.05, 4.69) is 10.3 Å². The molecular formula is C9H11N3O2. The third-order valence-corrected chi connectivity index (χ3v) is 2.19. The highest BCUT2D eigenvalue weighted by molar-refractivity contribution is 5.49. The van der Waals surface area contributed by atoms with Crippen molar-refractivity contribution in [3.8, 4) is 0 Å². The Hall–Kier alpha value is -1.65. The Morgan fingerprint density at radius 2 is 2.36 bits per heavy atom. The highest BCUT2D eigenvalue weighted by Crippen LogP contribution is 2.26. The Kier molecular flexibility index (Phi) is 2.07. The third kappa shape index (κ3) is 1.81. The average molecular weight is 193 g/mol. The fraction of sp³-hybridized carbons (Fsp3) is 0.444. The summed E-state index contributed by atoms with van der Waals surface area (Å²) in [6.45, 7) is 1.82. The zero-order chi connectivity index (χ0) is 10.1. The minimum Gasteiger partial charge on any atom is -0.367 e. The Balaban J connectivity index is 2.21. The molecule has 0 aliphatic heterocycles. The van der Waals surface area contributed by atoms with Crippen LogP contribution < -0.4 is 5.32 Å². The summed E-state index contributed by atoms with van der Waals surface area (Å²) in [5, 5.41) is 13.7. The summed E-state index contributed by atoms with van der Waals surface area (Å²) in [6.07, 6.45) is 3.62. The largest absolute Gasteiger partial charge is 0.367 e. The maximum absolute atomic E-state index is 10.4. The zero-order valence-electron chi connectivity index (χ0n) is 7.86. The van der Waals surface area contributed by atoms with Gasteiger partial charge in [-0.1, -0.05) is 0 Å². The second kappa shape index (κ2) is 3.25. The molecule has 2 rings (SSSR count). The van der Waals surface area contributed by atoms with Gasteiger partial charge in [0.15, 0.2) is 0 Å². The molecule has 0 aromatic carbocycles. The molecule has 0 bridgehead atoms. The van der Waals surface area contributed by atoms with Gasteiger partial charge in [0, 0.05) is 12.1 Å². The van der Waals surface area contributed by atoms with Gasteiger partial charge in [-0.2, -0.15) is 0 Å². The van der Waals surface area contributed by atoms with Crippen LogP contribution in [0.5, 0.6) is 0 Å². The molecule has 1 saturated carbocycles. The van der Waals surface area contributed by atoms with E-state index < -0.39 is 4.92 Å². The SMILES string of the molecule is Cc1cc([N+](=O)[O-])cnc1NC1CC1. The number of aryl methyl sites for hydroxylation is 1. The lowest BCUT2D eigenvalue weighted by molar-refractivity contribution is -0.385. The summed E-state index contributed by atoms with van der Waals surface area (Å²) in [5.41, 5.74) is 0.870. The minimum atomic E-state index is -0.430. The van der Waals surface area contributed by atoms with Crippen LogP contribution in [0, 0.1) is 17.0 Å². The fourth-order valence-electron chi connectivity index (χ4n) is 1.23. The topological polar surface area (TPSA) is 68.1 Å². The number of nitrogens with zero attached hydrogens (tertiary/aromatic N) is 2. The van der Waals surface area contributed by atoms with Gasteiger partial charge in [-0.25, -0.2) is 4.98 Å². The van der Waals surface area contributed by atoms with E-state index in [9.17, 15) is 10.1 Å². The van der Waals surface area contributed by atoms with E-state index in [0.29, 0.717) is 6.04 Å². The number of nitrogens with one attached hydrogen (secondary N) is 1. The van der Waals surface area contributed by atoms with E-state index in [1.54, 1.807) is 0 Å². The van der Waals surface area contributed by atoms with E-state index in [1.807, 2.05) is 6.92 Å². The van der Waals surface area contributed by atoms with Crippen LogP contribution in [0.1, 0.15) is 18.4 Å². The molecule has 0 atom stereocenters. The van der Waals surface area contributed by atoms with Gasteiger partial charge in [0.1, 0.15) is 12.0 Å². The first-order valence-electron chi connectivity index (χ1n) is 4.54. The van der Waals surface area contributed by atoms with Gasteiger partial charge in [0.25, 0.3) is 5.69 Å². The Bertz CT molecular complexity index is 374. The molecule has 1 aliphatic rings. The van der Waals surface area contributed by atoms with E-state index >= 15 is 0 Å². The highest BCUT2D eigenvalue weighted by atomic mass is 16.6. The van der Waals surface area contributed by atoms with Crippen molar-refractivity contribution in [3.63, 3.8) is 0 Å². The molecule has 1 heterocycles. The van der Waals surface area contributed by atoms with Gasteiger partial charge in [-0.15, -0.1) is 0 Å². The zero-order valence-corrected chi connectivity index (χ0v) is 7.86. The molecule has 1 aromatic rings. The van der Waals surface area contributed by atoms with E-state index in [0.717, 1.165) is 24.2 Å². The summed E-state index contributed by atoms with van der Waals surface area (Å²) >= 11 is 0. The van der Waals surface area contributed by atoms with Crippen LogP contribution >= 0.6 is 0 Å². The first kappa shape index (κ1) is 8.93. The molecule has 1 fully saturated rings. The van der Waals surface area contributed by atoms with Gasteiger partial charge in [0.2, 0.25) is 0 Å². The molecule has 1 N–H and O–H groups in total. The summed E-state index contributed by atoms with van der Waals surface area (Å²) in [6, 6.07) is 2.06. The quantitative estimate of drug-likeness (QED) is 0.587. The Labute approximate surface area is 81.3 Å². The van der Waals surface area contributed by atoms with E-state index in [1.165, 1.54) is 12.3 Å². The lowest BCUT2D eigenvalue weighted by atomic mass is 10.2. The molecule has 1 aromatic heterocycles. The van der Waals surface area contributed by atoms with E-state index in [4.69, 9.17) is 0 Å². The molecule has 0 saturated heterocycles. The maximum atomic E-state index is 10.4. The van der Waals surface area contributed by atoms with Crippen LogP contribution in [0.2, 0.25) is 0 Å². The Morgan fingerprint density at radius 1 is 1.64 bits per heavy atom. The van der Waals surface area contributed by atoms with Crippen molar-refractivity contribution in [2.45, 2.75) is 25.8 Å². The molecule has 5 heteroatoms. The van der Waals surface area contributed by atoms with Crippen LogP contribution in [0.15, 0.2) is 12.3 Å². The number of nitro groups is 1. The summed E-state index contributed by atoms with van der Waals surface area (Å²) < 4.78 is 0. The number of rotatable bonds is 3. The van der Waals surface area contributed by atoms with Crippen LogP contribution in [-0.2, 0) is 0 Å². The third-order valence-electron chi connectivity index (χ3n) is 2.19. The summed E-state index contributed by atoms with van der Waals surface area (Å²) in [7, 11) is 0.